The SMILES string of the molecule is O=C(c1cccc(-c2noc(-c3cccc(Cl)c3)n2)c1)N1CCOCC1. The fourth-order valence-corrected chi connectivity index (χ4v) is 3.01. The fourth-order valence-electron chi connectivity index (χ4n) is 2.82. The average molecular weight is 370 g/mol. The third-order valence-corrected chi connectivity index (χ3v) is 4.40. The highest BCUT2D eigenvalue weighted by molar-refractivity contribution is 6.30. The van der Waals surface area contributed by atoms with Crippen molar-refractivity contribution in [3.63, 3.8) is 0 Å². The lowest BCUT2D eigenvalue weighted by molar-refractivity contribution is 0.0303. The Hall–Kier alpha value is -2.70. The van der Waals surface area contributed by atoms with E-state index in [2.05, 4.69) is 10.1 Å². The number of halogens is 1. The number of carbonyl (C=O) groups excluding carboxylic acids is 1. The molecular formula is C19H16ClN3O3. The van der Waals surface area contributed by atoms with Crippen molar-refractivity contribution in [3.05, 3.63) is 59.1 Å². The number of aromatic nitrogens is 2. The van der Waals surface area contributed by atoms with Crippen molar-refractivity contribution < 1.29 is 14.1 Å². The number of amides is 1. The number of carbonyl (C=O) groups is 1. The minimum Gasteiger partial charge on any atom is -0.378 e. The first kappa shape index (κ1) is 16.8. The van der Waals surface area contributed by atoms with E-state index in [9.17, 15) is 4.79 Å². The highest BCUT2D eigenvalue weighted by Gasteiger charge is 2.19. The largest absolute Gasteiger partial charge is 0.378 e. The normalized spacial score (nSPS) is 14.4. The third-order valence-electron chi connectivity index (χ3n) is 4.16. The lowest BCUT2D eigenvalue weighted by atomic mass is 10.1. The summed E-state index contributed by atoms with van der Waals surface area (Å²) in [5, 5.41) is 4.63. The maximum absolute atomic E-state index is 12.6. The second-order valence-corrected chi connectivity index (χ2v) is 6.36. The van der Waals surface area contributed by atoms with Crippen LogP contribution in [0, 0.1) is 0 Å². The summed E-state index contributed by atoms with van der Waals surface area (Å²) in [6.07, 6.45) is 0. The maximum Gasteiger partial charge on any atom is 0.258 e. The highest BCUT2D eigenvalue weighted by atomic mass is 35.5. The zero-order valence-corrected chi connectivity index (χ0v) is 14.6. The highest BCUT2D eigenvalue weighted by Crippen LogP contribution is 2.25. The standard InChI is InChI=1S/C19H16ClN3O3/c20-16-6-2-4-14(12-16)18-21-17(22-26-18)13-3-1-5-15(11-13)19(24)23-7-9-25-10-8-23/h1-6,11-12H,7-10H2. The zero-order chi connectivity index (χ0) is 17.9. The molecule has 26 heavy (non-hydrogen) atoms. The molecule has 1 saturated heterocycles. The van der Waals surface area contributed by atoms with E-state index in [1.165, 1.54) is 0 Å². The van der Waals surface area contributed by atoms with Crippen LogP contribution in [0.1, 0.15) is 10.4 Å². The molecule has 0 aliphatic carbocycles. The third kappa shape index (κ3) is 3.47. The number of hydrogen-bond donors (Lipinski definition) is 0. The van der Waals surface area contributed by atoms with Gasteiger partial charge in [-0.3, -0.25) is 4.79 Å². The lowest BCUT2D eigenvalue weighted by Crippen LogP contribution is -2.40. The number of morpholine rings is 1. The van der Waals surface area contributed by atoms with Crippen LogP contribution in [0.3, 0.4) is 0 Å². The topological polar surface area (TPSA) is 68.5 Å². The molecule has 0 atom stereocenters. The van der Waals surface area contributed by atoms with Crippen molar-refractivity contribution in [2.75, 3.05) is 26.3 Å². The molecule has 1 amide bonds. The number of ether oxygens (including phenoxy) is 1. The maximum atomic E-state index is 12.6. The van der Waals surface area contributed by atoms with E-state index in [-0.39, 0.29) is 5.91 Å². The zero-order valence-electron chi connectivity index (χ0n) is 13.9. The van der Waals surface area contributed by atoms with Gasteiger partial charge in [0.1, 0.15) is 0 Å². The van der Waals surface area contributed by atoms with Crippen LogP contribution in [-0.4, -0.2) is 47.3 Å². The Labute approximate surface area is 155 Å². The van der Waals surface area contributed by atoms with Gasteiger partial charge in [0, 0.05) is 34.8 Å². The van der Waals surface area contributed by atoms with Crippen LogP contribution in [0.25, 0.3) is 22.8 Å². The Bertz CT molecular complexity index is 935. The molecule has 0 saturated carbocycles. The number of rotatable bonds is 3. The van der Waals surface area contributed by atoms with E-state index < -0.39 is 0 Å². The Morgan fingerprint density at radius 3 is 2.62 bits per heavy atom. The van der Waals surface area contributed by atoms with E-state index in [4.69, 9.17) is 20.9 Å². The van der Waals surface area contributed by atoms with E-state index in [0.29, 0.717) is 48.6 Å². The number of hydrogen-bond acceptors (Lipinski definition) is 5. The molecule has 0 bridgehead atoms. The van der Waals surface area contributed by atoms with Gasteiger partial charge >= 0.3 is 0 Å². The van der Waals surface area contributed by atoms with Crippen molar-refractivity contribution in [1.29, 1.82) is 0 Å². The first-order chi connectivity index (χ1) is 12.7. The molecule has 0 spiro atoms. The molecule has 2 aromatic carbocycles. The second kappa shape index (κ2) is 7.27. The Morgan fingerprint density at radius 1 is 1.04 bits per heavy atom. The van der Waals surface area contributed by atoms with Crippen LogP contribution in [-0.2, 0) is 4.74 Å². The van der Waals surface area contributed by atoms with Gasteiger partial charge in [0.05, 0.1) is 13.2 Å². The smallest absolute Gasteiger partial charge is 0.258 e. The molecule has 1 fully saturated rings. The summed E-state index contributed by atoms with van der Waals surface area (Å²) >= 11 is 6.01. The van der Waals surface area contributed by atoms with Gasteiger partial charge < -0.3 is 14.2 Å². The molecule has 1 aliphatic rings. The predicted octanol–water partition coefficient (Wildman–Crippen LogP) is 3.53. The monoisotopic (exact) mass is 369 g/mol. The van der Waals surface area contributed by atoms with Gasteiger partial charge in [0.2, 0.25) is 5.82 Å². The van der Waals surface area contributed by atoms with Gasteiger partial charge in [-0.2, -0.15) is 4.98 Å². The summed E-state index contributed by atoms with van der Waals surface area (Å²) in [6.45, 7) is 2.34. The van der Waals surface area contributed by atoms with Gasteiger partial charge in [-0.05, 0) is 30.3 Å². The summed E-state index contributed by atoms with van der Waals surface area (Å²) in [4.78, 5) is 18.9. The molecule has 4 rings (SSSR count). The number of benzene rings is 2. The van der Waals surface area contributed by atoms with E-state index in [1.54, 1.807) is 29.2 Å². The molecular weight excluding hydrogens is 354 g/mol. The molecule has 2 heterocycles. The minimum atomic E-state index is -0.0197. The summed E-state index contributed by atoms with van der Waals surface area (Å²) in [6, 6.07) is 14.5. The minimum absolute atomic E-state index is 0.0197. The summed E-state index contributed by atoms with van der Waals surface area (Å²) in [5.74, 6) is 0.790. The molecule has 0 N–H and O–H groups in total. The van der Waals surface area contributed by atoms with Gasteiger partial charge in [-0.1, -0.05) is 35.0 Å². The van der Waals surface area contributed by atoms with Crippen LogP contribution >= 0.6 is 11.6 Å². The molecule has 0 unspecified atom stereocenters. The first-order valence-corrected chi connectivity index (χ1v) is 8.65. The van der Waals surface area contributed by atoms with Crippen LogP contribution in [0.4, 0.5) is 0 Å². The van der Waals surface area contributed by atoms with Crippen LogP contribution in [0.2, 0.25) is 5.02 Å². The molecule has 132 valence electrons. The van der Waals surface area contributed by atoms with Crippen LogP contribution < -0.4 is 0 Å². The van der Waals surface area contributed by atoms with Crippen molar-refractivity contribution in [1.82, 2.24) is 15.0 Å². The van der Waals surface area contributed by atoms with Gasteiger partial charge in [-0.15, -0.1) is 0 Å². The Balaban J connectivity index is 1.60. The summed E-state index contributed by atoms with van der Waals surface area (Å²) < 4.78 is 10.6. The summed E-state index contributed by atoms with van der Waals surface area (Å²) in [7, 11) is 0. The molecule has 0 radical (unpaired) electrons. The van der Waals surface area contributed by atoms with Crippen LogP contribution in [0.5, 0.6) is 0 Å². The molecule has 6 nitrogen and oxygen atoms in total. The second-order valence-electron chi connectivity index (χ2n) is 5.92. The molecule has 1 aliphatic heterocycles. The van der Waals surface area contributed by atoms with Gasteiger partial charge in [0.15, 0.2) is 0 Å². The number of nitrogens with zero attached hydrogens (tertiary/aromatic N) is 3. The van der Waals surface area contributed by atoms with Gasteiger partial charge in [0.25, 0.3) is 11.8 Å². The van der Waals surface area contributed by atoms with Crippen molar-refractivity contribution >= 4 is 17.5 Å². The summed E-state index contributed by atoms with van der Waals surface area (Å²) in [5.41, 5.74) is 2.07. The van der Waals surface area contributed by atoms with Crippen molar-refractivity contribution in [2.45, 2.75) is 0 Å². The molecule has 7 heteroatoms. The molecule has 3 aromatic rings. The lowest BCUT2D eigenvalue weighted by Gasteiger charge is -2.26. The fraction of sp³-hybridized carbons (Fsp3) is 0.211. The van der Waals surface area contributed by atoms with Crippen molar-refractivity contribution in [3.8, 4) is 22.8 Å². The van der Waals surface area contributed by atoms with E-state index in [0.717, 1.165) is 11.1 Å². The predicted molar refractivity (Wildman–Crippen MR) is 96.9 cm³/mol. The Morgan fingerprint density at radius 2 is 1.81 bits per heavy atom. The Kier molecular flexibility index (Phi) is 4.69. The van der Waals surface area contributed by atoms with E-state index in [1.807, 2.05) is 24.3 Å². The average Bonchev–Trinajstić information content (AvgIpc) is 3.19. The quantitative estimate of drug-likeness (QED) is 0.706. The van der Waals surface area contributed by atoms with Crippen molar-refractivity contribution in [2.24, 2.45) is 0 Å². The first-order valence-electron chi connectivity index (χ1n) is 8.28. The van der Waals surface area contributed by atoms with Crippen LogP contribution in [0.15, 0.2) is 53.1 Å². The van der Waals surface area contributed by atoms with E-state index >= 15 is 0 Å². The van der Waals surface area contributed by atoms with Gasteiger partial charge in [-0.25, -0.2) is 0 Å². The molecule has 1 aromatic heterocycles.